The number of esters is 3. The summed E-state index contributed by atoms with van der Waals surface area (Å²) in [5, 5.41) is 9.87. The fourth-order valence-corrected chi connectivity index (χ4v) is 10.6. The van der Waals surface area contributed by atoms with Crippen molar-refractivity contribution in [3.05, 3.63) is 36.5 Å². The van der Waals surface area contributed by atoms with Crippen molar-refractivity contribution < 1.29 is 52.2 Å². The second-order valence-electron chi connectivity index (χ2n) is 23.0. The monoisotopic (exact) mass is 1150 g/mol. The molecule has 2 N–H and O–H groups in total. The Morgan fingerprint density at radius 2 is 0.613 bits per heavy atom. The van der Waals surface area contributed by atoms with Crippen LogP contribution in [0.4, 0.5) is 0 Å². The van der Waals surface area contributed by atoms with Gasteiger partial charge in [0.25, 0.3) is 0 Å². The summed E-state index contributed by atoms with van der Waals surface area (Å²) < 4.78 is 39.8. The maximum atomic E-state index is 13.0. The number of ether oxygens (including phenoxy) is 3. The van der Waals surface area contributed by atoms with Gasteiger partial charge in [-0.15, -0.1) is 0 Å². The van der Waals surface area contributed by atoms with Gasteiger partial charge < -0.3 is 24.2 Å². The highest BCUT2D eigenvalue weighted by atomic mass is 31.2. The zero-order chi connectivity index (χ0) is 58.3. The van der Waals surface area contributed by atoms with Gasteiger partial charge in [-0.05, 0) is 77.0 Å². The lowest BCUT2D eigenvalue weighted by atomic mass is 10.0. The highest BCUT2D eigenvalue weighted by Crippen LogP contribution is 2.43. The van der Waals surface area contributed by atoms with Gasteiger partial charge in [-0.2, -0.15) is 0 Å². The topological polar surface area (TPSA) is 155 Å². The Hall–Kier alpha value is -2.30. The lowest BCUT2D eigenvalue weighted by molar-refractivity contribution is -0.161. The van der Waals surface area contributed by atoms with Gasteiger partial charge in [0.15, 0.2) is 6.10 Å². The van der Waals surface area contributed by atoms with Crippen molar-refractivity contribution in [2.75, 3.05) is 26.4 Å². The van der Waals surface area contributed by atoms with Crippen LogP contribution in [0.15, 0.2) is 36.5 Å². The average Bonchev–Trinajstić information content (AvgIpc) is 3.45. The van der Waals surface area contributed by atoms with Crippen molar-refractivity contribution in [2.45, 2.75) is 354 Å². The van der Waals surface area contributed by atoms with Gasteiger partial charge in [-0.25, -0.2) is 4.57 Å². The first-order valence-electron chi connectivity index (χ1n) is 33.9. The number of hydrogen-bond donors (Lipinski definition) is 2. The number of rotatable bonds is 64. The number of unbranched alkanes of at least 4 members (excludes halogenated alkanes) is 41. The first-order chi connectivity index (χ1) is 39.2. The molecule has 0 heterocycles. The molecule has 0 saturated heterocycles. The van der Waals surface area contributed by atoms with Crippen LogP contribution in [0.25, 0.3) is 0 Å². The number of carbonyl (C=O) groups is 3. The molecule has 0 radical (unpaired) electrons. The minimum absolute atomic E-state index is 0.166. The zero-order valence-electron chi connectivity index (χ0n) is 52.3. The van der Waals surface area contributed by atoms with Gasteiger partial charge in [0.1, 0.15) is 12.7 Å². The number of hydrogen-bond acceptors (Lipinski definition) is 10. The molecule has 470 valence electrons. The van der Waals surface area contributed by atoms with E-state index in [0.717, 1.165) is 77.0 Å². The molecule has 0 rings (SSSR count). The summed E-state index contributed by atoms with van der Waals surface area (Å²) in [4.78, 5) is 48.8. The molecule has 11 nitrogen and oxygen atoms in total. The van der Waals surface area contributed by atoms with E-state index < -0.39 is 57.8 Å². The van der Waals surface area contributed by atoms with E-state index in [2.05, 4.69) is 57.2 Å². The number of carbonyl (C=O) groups excluding carboxylic acids is 3. The number of allylic oxidation sites excluding steroid dienone is 6. The van der Waals surface area contributed by atoms with Crippen LogP contribution in [0.2, 0.25) is 0 Å². The van der Waals surface area contributed by atoms with Gasteiger partial charge in [0.05, 0.1) is 19.8 Å². The Labute approximate surface area is 492 Å². The number of aliphatic hydroxyl groups is 1. The van der Waals surface area contributed by atoms with Gasteiger partial charge in [0, 0.05) is 19.3 Å². The summed E-state index contributed by atoms with van der Waals surface area (Å²) >= 11 is 0. The molecule has 0 aliphatic carbocycles. The smallest absolute Gasteiger partial charge is 0.462 e. The van der Waals surface area contributed by atoms with E-state index in [1.165, 1.54) is 205 Å². The third-order valence-corrected chi connectivity index (χ3v) is 16.0. The van der Waals surface area contributed by atoms with E-state index >= 15 is 0 Å². The second-order valence-corrected chi connectivity index (χ2v) is 24.4. The van der Waals surface area contributed by atoms with Crippen LogP contribution in [-0.4, -0.2) is 66.5 Å². The minimum atomic E-state index is -4.75. The Morgan fingerprint density at radius 3 is 0.963 bits per heavy atom. The van der Waals surface area contributed by atoms with Gasteiger partial charge >= 0.3 is 25.7 Å². The molecule has 0 aliphatic rings. The highest BCUT2D eigenvalue weighted by molar-refractivity contribution is 7.47. The molecule has 80 heavy (non-hydrogen) atoms. The van der Waals surface area contributed by atoms with Crippen LogP contribution in [0.1, 0.15) is 342 Å². The Morgan fingerprint density at radius 1 is 0.350 bits per heavy atom. The molecule has 0 aromatic heterocycles. The van der Waals surface area contributed by atoms with Gasteiger partial charge in [-0.1, -0.05) is 282 Å². The summed E-state index contributed by atoms with van der Waals surface area (Å²) in [5.74, 6) is -1.44. The van der Waals surface area contributed by atoms with E-state index in [-0.39, 0.29) is 25.9 Å². The van der Waals surface area contributed by atoms with Crippen molar-refractivity contribution >= 4 is 25.7 Å². The molecule has 0 saturated carbocycles. The quantitative estimate of drug-likeness (QED) is 0.0197. The molecular weight excluding hydrogens is 1020 g/mol. The van der Waals surface area contributed by atoms with Crippen LogP contribution in [0, 0.1) is 0 Å². The third-order valence-electron chi connectivity index (χ3n) is 15.0. The standard InChI is InChI=1S/C68H127O11P/c1-4-7-10-13-16-19-22-25-28-31-32-35-36-39-42-45-48-51-54-57-66(70)75-61-65(79-68(72)59-56-53-50-47-44-41-38-34-30-27-24-21-18-15-12-9-6-3)63-77-80(73,74)76-62-64(60-69)78-67(71)58-55-52-49-46-43-40-37-33-29-26-23-20-17-14-11-8-5-2/h16,19,25,27-28,30,64-65,69H,4-15,17-18,20-24,26,29,31-63H2,1-3H3,(H,73,74)/b19-16-,28-25-,30-27-. The minimum Gasteiger partial charge on any atom is -0.462 e. The number of aliphatic hydroxyl groups excluding tert-OH is 1. The molecule has 0 aliphatic heterocycles. The summed E-state index contributed by atoms with van der Waals surface area (Å²) in [7, 11) is -4.75. The summed E-state index contributed by atoms with van der Waals surface area (Å²) in [6, 6.07) is 0. The molecular formula is C68H127O11P. The van der Waals surface area contributed by atoms with Gasteiger partial charge in [0.2, 0.25) is 0 Å². The number of phosphoric ester groups is 1. The zero-order valence-corrected chi connectivity index (χ0v) is 53.2. The van der Waals surface area contributed by atoms with E-state index in [9.17, 15) is 28.9 Å². The van der Waals surface area contributed by atoms with Crippen LogP contribution < -0.4 is 0 Å². The van der Waals surface area contributed by atoms with Crippen LogP contribution in [0.5, 0.6) is 0 Å². The van der Waals surface area contributed by atoms with Crippen molar-refractivity contribution in [2.24, 2.45) is 0 Å². The first kappa shape index (κ1) is 77.7. The Bertz CT molecular complexity index is 1480. The molecule has 0 aromatic carbocycles. The predicted molar refractivity (Wildman–Crippen MR) is 335 cm³/mol. The summed E-state index contributed by atoms with van der Waals surface area (Å²) in [6.07, 6.45) is 68.0. The van der Waals surface area contributed by atoms with E-state index in [1.54, 1.807) is 0 Å². The third kappa shape index (κ3) is 60.3. The second kappa shape index (κ2) is 62.7. The van der Waals surface area contributed by atoms with Crippen LogP contribution in [0.3, 0.4) is 0 Å². The lowest BCUT2D eigenvalue weighted by Gasteiger charge is -2.21. The fourth-order valence-electron chi connectivity index (χ4n) is 9.86. The highest BCUT2D eigenvalue weighted by Gasteiger charge is 2.28. The van der Waals surface area contributed by atoms with E-state index in [1.807, 2.05) is 0 Å². The van der Waals surface area contributed by atoms with Crippen molar-refractivity contribution in [3.8, 4) is 0 Å². The predicted octanol–water partition coefficient (Wildman–Crippen LogP) is 20.7. The molecule has 0 spiro atoms. The van der Waals surface area contributed by atoms with E-state index in [0.29, 0.717) is 19.3 Å². The molecule has 0 amide bonds. The van der Waals surface area contributed by atoms with E-state index in [4.69, 9.17) is 23.3 Å². The van der Waals surface area contributed by atoms with Crippen molar-refractivity contribution in [1.29, 1.82) is 0 Å². The number of phosphoric acid groups is 1. The van der Waals surface area contributed by atoms with Crippen molar-refractivity contribution in [3.63, 3.8) is 0 Å². The largest absolute Gasteiger partial charge is 0.472 e. The summed E-state index contributed by atoms with van der Waals surface area (Å²) in [6.45, 7) is 4.69. The van der Waals surface area contributed by atoms with Gasteiger partial charge in [-0.3, -0.25) is 23.4 Å². The molecule has 0 bridgehead atoms. The first-order valence-corrected chi connectivity index (χ1v) is 35.4. The fraction of sp³-hybridized carbons (Fsp3) is 0.868. The molecule has 3 atom stereocenters. The summed E-state index contributed by atoms with van der Waals surface area (Å²) in [5.41, 5.74) is 0. The molecule has 3 unspecified atom stereocenters. The molecule has 0 fully saturated rings. The Kier molecular flexibility index (Phi) is 60.9. The SMILES string of the molecule is CCCCC/C=C\C/C=C\CCCCCCCCCCCC(=O)OCC(COP(=O)(O)OCC(CO)OC(=O)CCCCCCCCCCCCCCCCCCC)OC(=O)CCCCCCCCC/C=C\CCCCCCCC. The molecule has 12 heteroatoms. The molecule has 0 aromatic rings. The van der Waals surface area contributed by atoms with Crippen LogP contribution in [-0.2, 0) is 42.2 Å². The maximum Gasteiger partial charge on any atom is 0.472 e. The normalized spacial score (nSPS) is 13.4. The van der Waals surface area contributed by atoms with Crippen LogP contribution >= 0.6 is 7.82 Å². The average molecular weight is 1150 g/mol. The lowest BCUT2D eigenvalue weighted by Crippen LogP contribution is -2.30. The Balaban J connectivity index is 4.65. The maximum absolute atomic E-state index is 13.0. The van der Waals surface area contributed by atoms with Crippen molar-refractivity contribution in [1.82, 2.24) is 0 Å².